The summed E-state index contributed by atoms with van der Waals surface area (Å²) in [4.78, 5) is 1.43. The molecule has 1 atom stereocenters. The summed E-state index contributed by atoms with van der Waals surface area (Å²) in [6.07, 6.45) is 2.17. The summed E-state index contributed by atoms with van der Waals surface area (Å²) in [5.74, 6) is 0. The van der Waals surface area contributed by atoms with E-state index in [9.17, 15) is 0 Å². The Morgan fingerprint density at radius 3 is 2.64 bits per heavy atom. The van der Waals surface area contributed by atoms with Crippen molar-refractivity contribution in [2.75, 3.05) is 0 Å². The molecule has 0 fully saturated rings. The standard InChI is InChI=1S/C11H18BrNS/c1-8(13)6-11(2,3)7-10-9(12)4-5-14-10/h4-5,8H,6-7,13H2,1-3H3. The summed E-state index contributed by atoms with van der Waals surface area (Å²) < 4.78 is 1.24. The summed E-state index contributed by atoms with van der Waals surface area (Å²) >= 11 is 5.38. The second-order valence-electron chi connectivity index (χ2n) is 4.71. The molecule has 0 spiro atoms. The molecule has 0 saturated heterocycles. The van der Waals surface area contributed by atoms with E-state index in [1.165, 1.54) is 9.35 Å². The van der Waals surface area contributed by atoms with E-state index in [0.29, 0.717) is 5.41 Å². The van der Waals surface area contributed by atoms with Gasteiger partial charge in [-0.05, 0) is 52.6 Å². The van der Waals surface area contributed by atoms with Gasteiger partial charge in [-0.15, -0.1) is 11.3 Å². The zero-order chi connectivity index (χ0) is 10.8. The topological polar surface area (TPSA) is 26.0 Å². The first-order valence-electron chi connectivity index (χ1n) is 4.88. The average molecular weight is 276 g/mol. The van der Waals surface area contributed by atoms with E-state index in [0.717, 1.165) is 12.8 Å². The Labute approximate surface area is 98.8 Å². The Morgan fingerprint density at radius 1 is 1.57 bits per heavy atom. The third-order valence-electron chi connectivity index (χ3n) is 2.20. The van der Waals surface area contributed by atoms with Crippen molar-refractivity contribution in [2.45, 2.75) is 39.7 Å². The van der Waals surface area contributed by atoms with Gasteiger partial charge in [-0.1, -0.05) is 13.8 Å². The zero-order valence-electron chi connectivity index (χ0n) is 9.01. The van der Waals surface area contributed by atoms with Gasteiger partial charge in [0.1, 0.15) is 0 Å². The maximum Gasteiger partial charge on any atom is 0.0314 e. The maximum atomic E-state index is 5.84. The lowest BCUT2D eigenvalue weighted by atomic mass is 9.83. The van der Waals surface area contributed by atoms with E-state index in [4.69, 9.17) is 5.73 Å². The third kappa shape index (κ3) is 3.71. The molecule has 1 aromatic heterocycles. The highest BCUT2D eigenvalue weighted by Crippen LogP contribution is 2.33. The lowest BCUT2D eigenvalue weighted by Gasteiger charge is -2.26. The number of hydrogen-bond acceptors (Lipinski definition) is 2. The number of thiophene rings is 1. The fraction of sp³-hybridized carbons (Fsp3) is 0.636. The molecule has 0 aliphatic rings. The Hall–Kier alpha value is 0.140. The quantitative estimate of drug-likeness (QED) is 0.889. The van der Waals surface area contributed by atoms with Gasteiger partial charge >= 0.3 is 0 Å². The first-order chi connectivity index (χ1) is 6.41. The Kier molecular flexibility index (Phi) is 4.16. The number of rotatable bonds is 4. The molecule has 0 radical (unpaired) electrons. The van der Waals surface area contributed by atoms with E-state index < -0.39 is 0 Å². The second-order valence-corrected chi connectivity index (χ2v) is 6.57. The van der Waals surface area contributed by atoms with E-state index in [1.54, 1.807) is 0 Å². The summed E-state index contributed by atoms with van der Waals surface area (Å²) in [6, 6.07) is 2.39. The van der Waals surface area contributed by atoms with Crippen LogP contribution in [-0.4, -0.2) is 6.04 Å². The molecule has 3 heteroatoms. The van der Waals surface area contributed by atoms with Crippen LogP contribution in [0.2, 0.25) is 0 Å². The fourth-order valence-corrected chi connectivity index (χ4v) is 3.58. The van der Waals surface area contributed by atoms with Gasteiger partial charge in [0.05, 0.1) is 0 Å². The average Bonchev–Trinajstić information content (AvgIpc) is 2.32. The SMILES string of the molecule is CC(N)CC(C)(C)Cc1sccc1Br. The molecule has 0 bridgehead atoms. The van der Waals surface area contributed by atoms with Crippen LogP contribution >= 0.6 is 27.3 Å². The number of hydrogen-bond donors (Lipinski definition) is 1. The highest BCUT2D eigenvalue weighted by atomic mass is 79.9. The molecule has 0 aliphatic heterocycles. The maximum absolute atomic E-state index is 5.84. The van der Waals surface area contributed by atoms with Crippen molar-refractivity contribution in [2.24, 2.45) is 11.1 Å². The summed E-state index contributed by atoms with van der Waals surface area (Å²) in [6.45, 7) is 6.64. The Bertz CT molecular complexity index is 291. The van der Waals surface area contributed by atoms with Crippen molar-refractivity contribution >= 4 is 27.3 Å². The summed E-state index contributed by atoms with van der Waals surface area (Å²) in [5, 5.41) is 2.13. The highest BCUT2D eigenvalue weighted by molar-refractivity contribution is 9.10. The van der Waals surface area contributed by atoms with Gasteiger partial charge in [-0.3, -0.25) is 0 Å². The molecular formula is C11H18BrNS. The molecule has 1 nitrogen and oxygen atoms in total. The van der Waals surface area contributed by atoms with Crippen molar-refractivity contribution < 1.29 is 0 Å². The zero-order valence-corrected chi connectivity index (χ0v) is 11.4. The van der Waals surface area contributed by atoms with Crippen LogP contribution in [0, 0.1) is 5.41 Å². The van der Waals surface area contributed by atoms with Crippen LogP contribution < -0.4 is 5.73 Å². The normalized spacial score (nSPS) is 14.4. The fourth-order valence-electron chi connectivity index (χ4n) is 1.83. The molecule has 0 amide bonds. The van der Waals surface area contributed by atoms with E-state index >= 15 is 0 Å². The smallest absolute Gasteiger partial charge is 0.0314 e. The van der Waals surface area contributed by atoms with Crippen LogP contribution in [0.5, 0.6) is 0 Å². The minimum absolute atomic E-state index is 0.281. The molecule has 80 valence electrons. The van der Waals surface area contributed by atoms with Gasteiger partial charge < -0.3 is 5.73 Å². The largest absolute Gasteiger partial charge is 0.328 e. The first-order valence-corrected chi connectivity index (χ1v) is 6.55. The van der Waals surface area contributed by atoms with Gasteiger partial charge in [0.15, 0.2) is 0 Å². The van der Waals surface area contributed by atoms with Crippen molar-refractivity contribution in [1.82, 2.24) is 0 Å². The molecule has 14 heavy (non-hydrogen) atoms. The Balaban J connectivity index is 2.63. The molecule has 1 aromatic rings. The van der Waals surface area contributed by atoms with Gasteiger partial charge in [-0.25, -0.2) is 0 Å². The minimum Gasteiger partial charge on any atom is -0.328 e. The van der Waals surface area contributed by atoms with Crippen molar-refractivity contribution in [3.05, 3.63) is 20.8 Å². The first kappa shape index (κ1) is 12.2. The molecule has 1 unspecified atom stereocenters. The van der Waals surface area contributed by atoms with Gasteiger partial charge in [0, 0.05) is 15.4 Å². The molecule has 1 heterocycles. The predicted molar refractivity (Wildman–Crippen MR) is 67.8 cm³/mol. The third-order valence-corrected chi connectivity index (χ3v) is 4.13. The lowest BCUT2D eigenvalue weighted by Crippen LogP contribution is -2.26. The summed E-state index contributed by atoms with van der Waals surface area (Å²) in [5.41, 5.74) is 6.13. The molecular weight excluding hydrogens is 258 g/mol. The molecule has 0 aromatic carbocycles. The highest BCUT2D eigenvalue weighted by Gasteiger charge is 2.21. The van der Waals surface area contributed by atoms with Crippen LogP contribution in [0.15, 0.2) is 15.9 Å². The van der Waals surface area contributed by atoms with Crippen molar-refractivity contribution in [3.63, 3.8) is 0 Å². The van der Waals surface area contributed by atoms with E-state index in [1.807, 2.05) is 11.3 Å². The summed E-state index contributed by atoms with van der Waals surface area (Å²) in [7, 11) is 0. The minimum atomic E-state index is 0.281. The molecule has 2 N–H and O–H groups in total. The number of nitrogens with two attached hydrogens (primary N) is 1. The van der Waals surface area contributed by atoms with Crippen molar-refractivity contribution in [3.8, 4) is 0 Å². The van der Waals surface area contributed by atoms with E-state index in [-0.39, 0.29) is 6.04 Å². The van der Waals surface area contributed by atoms with Gasteiger partial charge in [-0.2, -0.15) is 0 Å². The van der Waals surface area contributed by atoms with Crippen LogP contribution in [0.25, 0.3) is 0 Å². The second kappa shape index (κ2) is 4.77. The van der Waals surface area contributed by atoms with Crippen LogP contribution in [0.4, 0.5) is 0 Å². The Morgan fingerprint density at radius 2 is 2.21 bits per heavy atom. The van der Waals surface area contributed by atoms with Crippen LogP contribution in [0.3, 0.4) is 0 Å². The monoisotopic (exact) mass is 275 g/mol. The van der Waals surface area contributed by atoms with Crippen LogP contribution in [-0.2, 0) is 6.42 Å². The number of halogens is 1. The van der Waals surface area contributed by atoms with Gasteiger partial charge in [0.2, 0.25) is 0 Å². The van der Waals surface area contributed by atoms with Gasteiger partial charge in [0.25, 0.3) is 0 Å². The molecule has 0 aliphatic carbocycles. The predicted octanol–water partition coefficient (Wildman–Crippen LogP) is 3.82. The van der Waals surface area contributed by atoms with E-state index in [2.05, 4.69) is 48.1 Å². The lowest BCUT2D eigenvalue weighted by molar-refractivity contribution is 0.311. The molecule has 0 saturated carbocycles. The molecule has 1 rings (SSSR count). The van der Waals surface area contributed by atoms with Crippen molar-refractivity contribution in [1.29, 1.82) is 0 Å². The van der Waals surface area contributed by atoms with Crippen LogP contribution in [0.1, 0.15) is 32.1 Å².